The number of cyclic esters (lactones) is 1. The van der Waals surface area contributed by atoms with E-state index in [1.165, 1.54) is 0 Å². The number of rotatable bonds is 3. The molecule has 0 spiro atoms. The molecule has 0 aromatic rings. The Kier molecular flexibility index (Phi) is 4.87. The summed E-state index contributed by atoms with van der Waals surface area (Å²) in [6.07, 6.45) is 4.82. The van der Waals surface area contributed by atoms with E-state index in [0.29, 0.717) is 18.4 Å². The second kappa shape index (κ2) is 6.47. The smallest absolute Gasteiger partial charge is 0.336 e. The summed E-state index contributed by atoms with van der Waals surface area (Å²) in [5.74, 6) is -0.123. The van der Waals surface area contributed by atoms with Crippen molar-refractivity contribution in [1.29, 1.82) is 0 Å². The fraction of sp³-hybridized carbons (Fsp3) is 0.762. The highest BCUT2D eigenvalue weighted by Crippen LogP contribution is 2.64. The maximum atomic E-state index is 11.8. The van der Waals surface area contributed by atoms with Crippen molar-refractivity contribution >= 4 is 5.97 Å². The maximum Gasteiger partial charge on any atom is 0.336 e. The summed E-state index contributed by atoms with van der Waals surface area (Å²) in [5, 5.41) is 31.1. The van der Waals surface area contributed by atoms with Crippen molar-refractivity contribution in [3.8, 4) is 0 Å². The molecule has 6 atom stereocenters. The normalized spacial score (nSPS) is 47.8. The molecule has 3 rings (SSSR count). The molecule has 1 heterocycles. The molecular formula is C21H32O5. The van der Waals surface area contributed by atoms with Crippen LogP contribution in [0, 0.1) is 22.7 Å². The molecule has 0 radical (unpaired) electrons. The molecule has 5 nitrogen and oxygen atoms in total. The molecule has 0 aromatic carbocycles. The Morgan fingerprint density at radius 3 is 2.58 bits per heavy atom. The molecule has 1 aliphatic heterocycles. The first-order valence-corrected chi connectivity index (χ1v) is 9.63. The number of carbonyl (C=O) groups is 1. The lowest BCUT2D eigenvalue weighted by Gasteiger charge is -2.63. The lowest BCUT2D eigenvalue weighted by molar-refractivity contribution is -0.201. The molecule has 3 N–H and O–H groups in total. The molecule has 2 saturated carbocycles. The van der Waals surface area contributed by atoms with Gasteiger partial charge in [0.2, 0.25) is 0 Å². The number of fused-ring (bicyclic) bond motifs is 1. The van der Waals surface area contributed by atoms with Gasteiger partial charge in [-0.1, -0.05) is 32.1 Å². The predicted octanol–water partition coefficient (Wildman–Crippen LogP) is 2.35. The summed E-state index contributed by atoms with van der Waals surface area (Å²) < 4.78 is 4.91. The van der Waals surface area contributed by atoms with Gasteiger partial charge in [-0.3, -0.25) is 0 Å². The Bertz CT molecular complexity index is 636. The number of hydrogen-bond acceptors (Lipinski definition) is 5. The molecule has 0 bridgehead atoms. The molecule has 3 aliphatic rings. The summed E-state index contributed by atoms with van der Waals surface area (Å²) in [5.41, 5.74) is -0.0872. The molecule has 146 valence electrons. The van der Waals surface area contributed by atoms with Crippen LogP contribution in [0.2, 0.25) is 0 Å². The van der Waals surface area contributed by atoms with Gasteiger partial charge in [-0.05, 0) is 56.3 Å². The van der Waals surface area contributed by atoms with Crippen LogP contribution in [0.25, 0.3) is 0 Å². The summed E-state index contributed by atoms with van der Waals surface area (Å²) in [4.78, 5) is 11.8. The van der Waals surface area contributed by atoms with Gasteiger partial charge in [-0.25, -0.2) is 4.79 Å². The second-order valence-corrected chi connectivity index (χ2v) is 9.17. The number of carbonyl (C=O) groups excluding carboxylic acids is 1. The van der Waals surface area contributed by atoms with Crippen molar-refractivity contribution in [2.75, 3.05) is 13.2 Å². The molecule has 0 unspecified atom stereocenters. The van der Waals surface area contributed by atoms with E-state index >= 15 is 0 Å². The van der Waals surface area contributed by atoms with E-state index in [0.717, 1.165) is 24.8 Å². The van der Waals surface area contributed by atoms with Crippen molar-refractivity contribution in [2.24, 2.45) is 22.7 Å². The highest BCUT2D eigenvalue weighted by atomic mass is 16.6. The van der Waals surface area contributed by atoms with E-state index in [1.807, 2.05) is 19.9 Å². The van der Waals surface area contributed by atoms with Crippen molar-refractivity contribution in [3.05, 3.63) is 23.8 Å². The molecule has 2 aliphatic carbocycles. The van der Waals surface area contributed by atoms with E-state index in [4.69, 9.17) is 4.74 Å². The van der Waals surface area contributed by atoms with Crippen LogP contribution in [0.1, 0.15) is 52.9 Å². The first kappa shape index (κ1) is 19.6. The third-order valence-electron chi connectivity index (χ3n) is 7.86. The largest absolute Gasteiger partial charge is 0.459 e. The van der Waals surface area contributed by atoms with E-state index < -0.39 is 23.1 Å². The van der Waals surface area contributed by atoms with Crippen LogP contribution < -0.4 is 0 Å². The van der Waals surface area contributed by atoms with Gasteiger partial charge in [0.1, 0.15) is 12.7 Å². The van der Waals surface area contributed by atoms with Gasteiger partial charge >= 0.3 is 5.97 Å². The van der Waals surface area contributed by atoms with E-state index in [1.54, 1.807) is 0 Å². The SMILES string of the molecule is C=C1CC[C@H]2[C@@](C)(CC[C@@](C)(O)[C@@]2(C)CO)[C@@H]1CC=C1C(=O)OC[C@H]1O. The fourth-order valence-electron chi connectivity index (χ4n) is 5.76. The van der Waals surface area contributed by atoms with Gasteiger partial charge in [-0.15, -0.1) is 0 Å². The quantitative estimate of drug-likeness (QED) is 0.406. The zero-order valence-electron chi connectivity index (χ0n) is 16.1. The summed E-state index contributed by atoms with van der Waals surface area (Å²) in [7, 11) is 0. The first-order valence-electron chi connectivity index (χ1n) is 9.63. The molecule has 1 saturated heterocycles. The van der Waals surface area contributed by atoms with Gasteiger partial charge in [-0.2, -0.15) is 0 Å². The number of esters is 1. The topological polar surface area (TPSA) is 87.0 Å². The fourth-order valence-corrected chi connectivity index (χ4v) is 5.76. The van der Waals surface area contributed by atoms with Crippen LogP contribution in [0.5, 0.6) is 0 Å². The lowest BCUT2D eigenvalue weighted by Crippen LogP contribution is -2.62. The minimum Gasteiger partial charge on any atom is -0.459 e. The van der Waals surface area contributed by atoms with Gasteiger partial charge in [0.15, 0.2) is 0 Å². The number of ether oxygens (including phenoxy) is 1. The number of aliphatic hydroxyl groups excluding tert-OH is 2. The van der Waals surface area contributed by atoms with Crippen LogP contribution in [0.15, 0.2) is 23.8 Å². The minimum atomic E-state index is -0.904. The van der Waals surface area contributed by atoms with Crippen molar-refractivity contribution < 1.29 is 24.9 Å². The highest BCUT2D eigenvalue weighted by Gasteiger charge is 2.61. The number of aliphatic hydroxyl groups is 3. The van der Waals surface area contributed by atoms with Gasteiger partial charge < -0.3 is 20.1 Å². The van der Waals surface area contributed by atoms with E-state index in [9.17, 15) is 20.1 Å². The highest BCUT2D eigenvalue weighted by molar-refractivity contribution is 5.91. The van der Waals surface area contributed by atoms with Crippen molar-refractivity contribution in [1.82, 2.24) is 0 Å². The third-order valence-corrected chi connectivity index (χ3v) is 7.86. The summed E-state index contributed by atoms with van der Waals surface area (Å²) in [6.45, 7) is 10.3. The van der Waals surface area contributed by atoms with Crippen LogP contribution in [0.3, 0.4) is 0 Å². The molecule has 0 aromatic heterocycles. The second-order valence-electron chi connectivity index (χ2n) is 9.17. The average Bonchev–Trinajstić information content (AvgIpc) is 2.90. The van der Waals surface area contributed by atoms with Crippen molar-refractivity contribution in [3.63, 3.8) is 0 Å². The molecule has 5 heteroatoms. The molecular weight excluding hydrogens is 332 g/mol. The first-order chi connectivity index (χ1) is 12.1. The van der Waals surface area contributed by atoms with Crippen molar-refractivity contribution in [2.45, 2.75) is 64.6 Å². The zero-order valence-corrected chi connectivity index (χ0v) is 16.1. The Morgan fingerprint density at radius 2 is 2.00 bits per heavy atom. The Morgan fingerprint density at radius 1 is 1.31 bits per heavy atom. The maximum absolute atomic E-state index is 11.8. The molecule has 26 heavy (non-hydrogen) atoms. The van der Waals surface area contributed by atoms with Crippen LogP contribution in [-0.2, 0) is 9.53 Å². The summed E-state index contributed by atoms with van der Waals surface area (Å²) >= 11 is 0. The Balaban J connectivity index is 1.92. The van der Waals surface area contributed by atoms with Crippen LogP contribution in [-0.4, -0.2) is 46.2 Å². The molecule has 0 amide bonds. The predicted molar refractivity (Wildman–Crippen MR) is 98.2 cm³/mol. The minimum absolute atomic E-state index is 0.0294. The Hall–Kier alpha value is -1.17. The molecule has 3 fully saturated rings. The standard InChI is InChI=1S/C21H32O5/c1-13-5-8-17-19(2,9-10-21(4,25)20(17,3)12-22)15(13)7-6-14-16(23)11-26-18(14)24/h6,15-17,22-23,25H,1,5,7-12H2,2-4H3/t15-,16-,17+,19+,20+,21-/m1/s1. The van der Waals surface area contributed by atoms with Gasteiger partial charge in [0, 0.05) is 5.41 Å². The van der Waals surface area contributed by atoms with Gasteiger partial charge in [0.25, 0.3) is 0 Å². The zero-order chi connectivity index (χ0) is 19.3. The number of hydrogen-bond donors (Lipinski definition) is 3. The van der Waals surface area contributed by atoms with E-state index in [-0.39, 0.29) is 30.5 Å². The average molecular weight is 364 g/mol. The van der Waals surface area contributed by atoms with E-state index in [2.05, 4.69) is 13.5 Å². The number of allylic oxidation sites excluding steroid dienone is 2. The van der Waals surface area contributed by atoms with Gasteiger partial charge in [0.05, 0.1) is 17.8 Å². The lowest BCUT2D eigenvalue weighted by atomic mass is 9.43. The van der Waals surface area contributed by atoms with Crippen LogP contribution >= 0.6 is 0 Å². The monoisotopic (exact) mass is 364 g/mol. The van der Waals surface area contributed by atoms with Crippen LogP contribution in [0.4, 0.5) is 0 Å². The Labute approximate surface area is 155 Å². The third kappa shape index (κ3) is 2.76. The summed E-state index contributed by atoms with van der Waals surface area (Å²) in [6, 6.07) is 0.